The van der Waals surface area contributed by atoms with Crippen LogP contribution in [0.15, 0.2) is 42.7 Å². The monoisotopic (exact) mass is 448 g/mol. The van der Waals surface area contributed by atoms with Crippen molar-refractivity contribution in [2.75, 3.05) is 25.5 Å². The van der Waals surface area contributed by atoms with Crippen molar-refractivity contribution in [2.24, 2.45) is 0 Å². The van der Waals surface area contributed by atoms with E-state index in [0.717, 1.165) is 25.1 Å². The highest BCUT2D eigenvalue weighted by Gasteiger charge is 2.28. The second kappa shape index (κ2) is 9.81. The largest absolute Gasteiger partial charge is 0.497 e. The summed E-state index contributed by atoms with van der Waals surface area (Å²) in [4.78, 5) is 36.5. The van der Waals surface area contributed by atoms with Gasteiger partial charge < -0.3 is 15.0 Å². The van der Waals surface area contributed by atoms with Crippen molar-refractivity contribution in [3.8, 4) is 5.75 Å². The SMILES string of the molecule is CCn1ccc(C(=O)N2CCC[C@@H](c3ncc(C(=O)Nc4ccc(OC)cc4)c(C)n3)C2)n1. The van der Waals surface area contributed by atoms with Crippen molar-refractivity contribution < 1.29 is 14.3 Å². The number of ether oxygens (including phenoxy) is 1. The van der Waals surface area contributed by atoms with Gasteiger partial charge >= 0.3 is 0 Å². The molecule has 4 rings (SSSR count). The molecule has 3 heterocycles. The first-order chi connectivity index (χ1) is 16.0. The van der Waals surface area contributed by atoms with E-state index in [2.05, 4.69) is 20.4 Å². The number of hydrogen-bond acceptors (Lipinski definition) is 6. The van der Waals surface area contributed by atoms with Crippen molar-refractivity contribution in [1.29, 1.82) is 0 Å². The van der Waals surface area contributed by atoms with Crippen LogP contribution in [0.4, 0.5) is 5.69 Å². The minimum absolute atomic E-state index is 0.0216. The van der Waals surface area contributed by atoms with Gasteiger partial charge in [-0.05, 0) is 57.0 Å². The molecule has 0 spiro atoms. The molecule has 9 nitrogen and oxygen atoms in total. The zero-order valence-corrected chi connectivity index (χ0v) is 19.1. The van der Waals surface area contributed by atoms with Crippen molar-refractivity contribution in [3.05, 3.63) is 65.5 Å². The van der Waals surface area contributed by atoms with E-state index in [1.54, 1.807) is 55.2 Å². The first-order valence-electron chi connectivity index (χ1n) is 11.1. The number of nitrogens with zero attached hydrogens (tertiary/aromatic N) is 5. The van der Waals surface area contributed by atoms with Gasteiger partial charge in [-0.3, -0.25) is 14.3 Å². The molecule has 0 bridgehead atoms. The predicted molar refractivity (Wildman–Crippen MR) is 123 cm³/mol. The third-order valence-corrected chi connectivity index (χ3v) is 5.85. The number of likely N-dealkylation sites (tertiary alicyclic amines) is 1. The Hall–Kier alpha value is -3.75. The fourth-order valence-electron chi connectivity index (χ4n) is 3.96. The Morgan fingerprint density at radius 2 is 2.00 bits per heavy atom. The fraction of sp³-hybridized carbons (Fsp3) is 0.375. The molecule has 3 aromatic rings. The van der Waals surface area contributed by atoms with Gasteiger partial charge in [0.1, 0.15) is 17.3 Å². The van der Waals surface area contributed by atoms with E-state index < -0.39 is 0 Å². The molecule has 1 aliphatic rings. The van der Waals surface area contributed by atoms with E-state index >= 15 is 0 Å². The van der Waals surface area contributed by atoms with Crippen LogP contribution < -0.4 is 10.1 Å². The Bertz CT molecular complexity index is 1140. The second-order valence-corrected chi connectivity index (χ2v) is 8.06. The molecule has 2 aromatic heterocycles. The summed E-state index contributed by atoms with van der Waals surface area (Å²) in [5, 5.41) is 7.19. The smallest absolute Gasteiger partial charge is 0.274 e. The number of piperidine rings is 1. The fourth-order valence-corrected chi connectivity index (χ4v) is 3.96. The molecule has 0 unspecified atom stereocenters. The van der Waals surface area contributed by atoms with Gasteiger partial charge in [0.15, 0.2) is 0 Å². The van der Waals surface area contributed by atoms with E-state index in [1.807, 2.05) is 18.0 Å². The number of rotatable bonds is 6. The Balaban J connectivity index is 1.44. The average molecular weight is 449 g/mol. The second-order valence-electron chi connectivity index (χ2n) is 8.06. The predicted octanol–water partition coefficient (Wildman–Crippen LogP) is 3.28. The number of aromatic nitrogens is 4. The minimum Gasteiger partial charge on any atom is -0.497 e. The molecule has 0 aliphatic carbocycles. The van der Waals surface area contributed by atoms with Gasteiger partial charge in [0, 0.05) is 43.6 Å². The first-order valence-corrected chi connectivity index (χ1v) is 11.1. The summed E-state index contributed by atoms with van der Waals surface area (Å²) in [6.45, 7) is 5.74. The summed E-state index contributed by atoms with van der Waals surface area (Å²) in [6, 6.07) is 8.87. The van der Waals surface area contributed by atoms with Crippen LogP contribution >= 0.6 is 0 Å². The van der Waals surface area contributed by atoms with Crippen molar-refractivity contribution in [1.82, 2.24) is 24.6 Å². The zero-order valence-electron chi connectivity index (χ0n) is 19.1. The van der Waals surface area contributed by atoms with E-state index in [1.165, 1.54) is 0 Å². The molecule has 2 amide bonds. The highest BCUT2D eigenvalue weighted by atomic mass is 16.5. The standard InChI is InChI=1S/C24H28N6O3/c1-4-30-13-11-21(28-30)24(32)29-12-5-6-17(15-29)22-25-14-20(16(2)26-22)23(31)27-18-7-9-19(33-3)10-8-18/h7-11,13-14,17H,4-6,12,15H2,1-3H3,(H,27,31)/t17-/m1/s1. The maximum absolute atomic E-state index is 12.9. The quantitative estimate of drug-likeness (QED) is 0.621. The van der Waals surface area contributed by atoms with Crippen LogP contribution in [-0.4, -0.2) is 56.7 Å². The number of methoxy groups -OCH3 is 1. The van der Waals surface area contributed by atoms with E-state index in [4.69, 9.17) is 4.74 Å². The van der Waals surface area contributed by atoms with E-state index in [9.17, 15) is 9.59 Å². The molecule has 1 aromatic carbocycles. The lowest BCUT2D eigenvalue weighted by atomic mass is 9.96. The summed E-state index contributed by atoms with van der Waals surface area (Å²) in [6.07, 6.45) is 5.15. The Labute approximate surface area is 192 Å². The van der Waals surface area contributed by atoms with Crippen LogP contribution in [0.1, 0.15) is 58.0 Å². The van der Waals surface area contributed by atoms with Gasteiger partial charge in [-0.15, -0.1) is 0 Å². The summed E-state index contributed by atoms with van der Waals surface area (Å²) in [7, 11) is 1.59. The molecule has 1 saturated heterocycles. The molecular weight excluding hydrogens is 420 g/mol. The summed E-state index contributed by atoms with van der Waals surface area (Å²) in [5.41, 5.74) is 2.15. The lowest BCUT2D eigenvalue weighted by Crippen LogP contribution is -2.39. The molecule has 33 heavy (non-hydrogen) atoms. The highest BCUT2D eigenvalue weighted by molar-refractivity contribution is 6.04. The lowest BCUT2D eigenvalue weighted by Gasteiger charge is -2.31. The molecule has 172 valence electrons. The molecule has 0 radical (unpaired) electrons. The normalized spacial score (nSPS) is 15.8. The number of benzene rings is 1. The third kappa shape index (κ3) is 5.02. The molecule has 0 saturated carbocycles. The highest BCUT2D eigenvalue weighted by Crippen LogP contribution is 2.26. The Kier molecular flexibility index (Phi) is 6.67. The first kappa shape index (κ1) is 22.4. The maximum atomic E-state index is 12.9. The maximum Gasteiger partial charge on any atom is 0.274 e. The van der Waals surface area contributed by atoms with Crippen LogP contribution in [0.25, 0.3) is 0 Å². The minimum atomic E-state index is -0.267. The number of amides is 2. The van der Waals surface area contributed by atoms with E-state index in [0.29, 0.717) is 41.6 Å². The molecule has 1 N–H and O–H groups in total. The number of hydrogen-bond donors (Lipinski definition) is 1. The number of carbonyl (C=O) groups is 2. The molecule has 1 fully saturated rings. The zero-order chi connectivity index (χ0) is 23.4. The van der Waals surface area contributed by atoms with Crippen molar-refractivity contribution >= 4 is 17.5 Å². The van der Waals surface area contributed by atoms with Gasteiger partial charge in [0.05, 0.1) is 18.4 Å². The van der Waals surface area contributed by atoms with E-state index in [-0.39, 0.29) is 17.7 Å². The lowest BCUT2D eigenvalue weighted by molar-refractivity contribution is 0.0697. The topological polar surface area (TPSA) is 102 Å². The average Bonchev–Trinajstić information content (AvgIpc) is 3.33. The summed E-state index contributed by atoms with van der Waals surface area (Å²) < 4.78 is 6.89. The van der Waals surface area contributed by atoms with Gasteiger partial charge in [0.25, 0.3) is 11.8 Å². The summed E-state index contributed by atoms with van der Waals surface area (Å²) in [5.74, 6) is 1.06. The van der Waals surface area contributed by atoms with Crippen LogP contribution in [0, 0.1) is 6.92 Å². The van der Waals surface area contributed by atoms with Crippen LogP contribution in [0.3, 0.4) is 0 Å². The van der Waals surface area contributed by atoms with Gasteiger partial charge in [-0.1, -0.05) is 0 Å². The Morgan fingerprint density at radius 3 is 2.67 bits per heavy atom. The number of nitrogens with one attached hydrogen (secondary N) is 1. The molecule has 1 atom stereocenters. The molecule has 1 aliphatic heterocycles. The van der Waals surface area contributed by atoms with Crippen LogP contribution in [-0.2, 0) is 6.54 Å². The van der Waals surface area contributed by atoms with Gasteiger partial charge in [-0.25, -0.2) is 9.97 Å². The number of aryl methyl sites for hydroxylation is 2. The summed E-state index contributed by atoms with van der Waals surface area (Å²) >= 11 is 0. The van der Waals surface area contributed by atoms with Crippen molar-refractivity contribution in [3.63, 3.8) is 0 Å². The number of anilines is 1. The van der Waals surface area contributed by atoms with Crippen LogP contribution in [0.5, 0.6) is 5.75 Å². The van der Waals surface area contributed by atoms with Crippen LogP contribution in [0.2, 0.25) is 0 Å². The third-order valence-electron chi connectivity index (χ3n) is 5.85. The van der Waals surface area contributed by atoms with Gasteiger partial charge in [0.2, 0.25) is 0 Å². The van der Waals surface area contributed by atoms with Gasteiger partial charge in [-0.2, -0.15) is 5.10 Å². The Morgan fingerprint density at radius 1 is 1.21 bits per heavy atom. The number of carbonyl (C=O) groups excluding carboxylic acids is 2. The molecular formula is C24H28N6O3. The molecule has 9 heteroatoms. The van der Waals surface area contributed by atoms with Crippen molar-refractivity contribution in [2.45, 2.75) is 39.2 Å².